The number of amides is 3. The lowest BCUT2D eigenvalue weighted by atomic mass is 9.88. The van der Waals surface area contributed by atoms with Crippen molar-refractivity contribution in [2.45, 2.75) is 42.0 Å². The molecular formula is C26H25N3O2S. The van der Waals surface area contributed by atoms with E-state index in [1.807, 2.05) is 61.5 Å². The summed E-state index contributed by atoms with van der Waals surface area (Å²) in [6.07, 6.45) is 3.05. The Morgan fingerprint density at radius 2 is 1.88 bits per heavy atom. The molecule has 162 valence electrons. The predicted molar refractivity (Wildman–Crippen MR) is 129 cm³/mol. The second-order valence-corrected chi connectivity index (χ2v) is 9.16. The van der Waals surface area contributed by atoms with Gasteiger partial charge in [0.2, 0.25) is 0 Å². The van der Waals surface area contributed by atoms with Crippen LogP contribution in [0.2, 0.25) is 0 Å². The third-order valence-electron chi connectivity index (χ3n) is 6.08. The summed E-state index contributed by atoms with van der Waals surface area (Å²) in [7, 11) is 0. The van der Waals surface area contributed by atoms with Crippen molar-refractivity contribution in [2.75, 3.05) is 16.8 Å². The van der Waals surface area contributed by atoms with E-state index in [4.69, 9.17) is 0 Å². The zero-order chi connectivity index (χ0) is 22.1. The molecule has 1 aliphatic heterocycles. The van der Waals surface area contributed by atoms with Gasteiger partial charge in [0.05, 0.1) is 17.3 Å². The molecule has 32 heavy (non-hydrogen) atoms. The summed E-state index contributed by atoms with van der Waals surface area (Å²) in [5, 5.41) is 6.10. The van der Waals surface area contributed by atoms with Crippen LogP contribution < -0.4 is 15.5 Å². The highest BCUT2D eigenvalue weighted by Gasteiger charge is 2.27. The number of urea groups is 1. The quantitative estimate of drug-likeness (QED) is 0.521. The number of aryl methyl sites for hydroxylation is 1. The molecule has 0 saturated heterocycles. The summed E-state index contributed by atoms with van der Waals surface area (Å²) in [5.74, 6) is -0.0187. The maximum atomic E-state index is 13.2. The summed E-state index contributed by atoms with van der Waals surface area (Å²) in [4.78, 5) is 29.7. The first-order valence-electron chi connectivity index (χ1n) is 11.0. The Balaban J connectivity index is 1.37. The first kappa shape index (κ1) is 20.6. The molecule has 0 fully saturated rings. The molecule has 1 aliphatic carbocycles. The van der Waals surface area contributed by atoms with Crippen LogP contribution in [0.25, 0.3) is 0 Å². The fourth-order valence-electron chi connectivity index (χ4n) is 4.54. The predicted octanol–water partition coefficient (Wildman–Crippen LogP) is 6.02. The lowest BCUT2D eigenvalue weighted by Gasteiger charge is -2.26. The number of anilines is 2. The number of rotatable bonds is 3. The number of hydrogen-bond donors (Lipinski definition) is 2. The highest BCUT2D eigenvalue weighted by atomic mass is 32.2. The first-order valence-corrected chi connectivity index (χ1v) is 11.8. The van der Waals surface area contributed by atoms with Crippen LogP contribution in [0.4, 0.5) is 16.2 Å². The van der Waals surface area contributed by atoms with Gasteiger partial charge in [-0.2, -0.15) is 0 Å². The monoisotopic (exact) mass is 443 g/mol. The Hall–Kier alpha value is -3.25. The van der Waals surface area contributed by atoms with Crippen LogP contribution in [-0.4, -0.2) is 18.5 Å². The van der Waals surface area contributed by atoms with E-state index in [1.54, 1.807) is 16.7 Å². The highest BCUT2D eigenvalue weighted by molar-refractivity contribution is 7.99. The molecule has 0 spiro atoms. The van der Waals surface area contributed by atoms with Gasteiger partial charge in [-0.05, 0) is 67.6 Å². The molecule has 1 atom stereocenters. The Morgan fingerprint density at radius 3 is 2.75 bits per heavy atom. The van der Waals surface area contributed by atoms with Gasteiger partial charge in [0, 0.05) is 22.0 Å². The molecule has 0 bridgehead atoms. The number of fused-ring (bicyclic) bond motifs is 3. The fraction of sp³-hybridized carbons (Fsp3) is 0.231. The van der Waals surface area contributed by atoms with Crippen molar-refractivity contribution in [3.8, 4) is 0 Å². The summed E-state index contributed by atoms with van der Waals surface area (Å²) in [5.41, 5.74) is 4.71. The van der Waals surface area contributed by atoms with Gasteiger partial charge in [-0.15, -0.1) is 0 Å². The lowest BCUT2D eigenvalue weighted by Crippen LogP contribution is -2.34. The van der Waals surface area contributed by atoms with Crippen LogP contribution in [0.5, 0.6) is 0 Å². The van der Waals surface area contributed by atoms with Gasteiger partial charge in [-0.1, -0.05) is 48.2 Å². The zero-order valence-electron chi connectivity index (χ0n) is 17.9. The third-order valence-corrected chi connectivity index (χ3v) is 7.22. The topological polar surface area (TPSA) is 61.4 Å². The van der Waals surface area contributed by atoms with Crippen molar-refractivity contribution in [3.63, 3.8) is 0 Å². The number of benzene rings is 3. The summed E-state index contributed by atoms with van der Waals surface area (Å²) in [6.45, 7) is 2.52. The maximum absolute atomic E-state index is 13.2. The van der Waals surface area contributed by atoms with E-state index in [0.717, 1.165) is 34.7 Å². The normalized spacial score (nSPS) is 17.0. The van der Waals surface area contributed by atoms with Crippen LogP contribution in [-0.2, 0) is 6.42 Å². The molecule has 3 aromatic carbocycles. The van der Waals surface area contributed by atoms with E-state index >= 15 is 0 Å². The summed E-state index contributed by atoms with van der Waals surface area (Å²) in [6, 6.07) is 21.5. The van der Waals surface area contributed by atoms with Gasteiger partial charge < -0.3 is 15.5 Å². The molecule has 2 N–H and O–H groups in total. The molecule has 0 saturated carbocycles. The van der Waals surface area contributed by atoms with Gasteiger partial charge in [0.15, 0.2) is 0 Å². The Bertz CT molecular complexity index is 1190. The average Bonchev–Trinajstić information content (AvgIpc) is 2.93. The number of nitrogens with zero attached hydrogens (tertiary/aromatic N) is 1. The van der Waals surface area contributed by atoms with Crippen LogP contribution >= 0.6 is 11.8 Å². The van der Waals surface area contributed by atoms with Crippen molar-refractivity contribution in [2.24, 2.45) is 0 Å². The molecule has 0 aromatic heterocycles. The molecule has 0 radical (unpaired) electrons. The van der Waals surface area contributed by atoms with Crippen LogP contribution in [0.1, 0.15) is 47.3 Å². The minimum absolute atomic E-state index is 0.0135. The second kappa shape index (κ2) is 8.71. The standard InChI is InChI=1S/C26H25N3O2S/c1-2-29-22-16-18(14-15-24(22)32-23-13-6-5-11-20(23)25(29)30)27-26(31)28-21-12-7-9-17-8-3-4-10-19(17)21/h3-6,8,10-11,13-16,21H,2,7,9,12H2,1H3,(H2,27,28,31)/t21-/m0/s1. The average molecular weight is 444 g/mol. The van der Waals surface area contributed by atoms with Crippen LogP contribution in [0, 0.1) is 0 Å². The van der Waals surface area contributed by atoms with Gasteiger partial charge in [0.25, 0.3) is 5.91 Å². The SMILES string of the molecule is CCN1C(=O)c2ccccc2Sc2ccc(NC(=O)N[C@H]3CCCc4ccccc43)cc21. The molecular weight excluding hydrogens is 418 g/mol. The fourth-order valence-corrected chi connectivity index (χ4v) is 5.60. The molecule has 3 amide bonds. The lowest BCUT2D eigenvalue weighted by molar-refractivity contribution is 0.0985. The largest absolute Gasteiger partial charge is 0.331 e. The van der Waals surface area contributed by atoms with Crippen molar-refractivity contribution in [1.82, 2.24) is 5.32 Å². The minimum Gasteiger partial charge on any atom is -0.331 e. The molecule has 2 aliphatic rings. The van der Waals surface area contributed by atoms with Gasteiger partial charge >= 0.3 is 6.03 Å². The summed E-state index contributed by atoms with van der Waals surface area (Å²) < 4.78 is 0. The minimum atomic E-state index is -0.231. The third kappa shape index (κ3) is 3.86. The summed E-state index contributed by atoms with van der Waals surface area (Å²) >= 11 is 1.58. The highest BCUT2D eigenvalue weighted by Crippen LogP contribution is 2.42. The second-order valence-electron chi connectivity index (χ2n) is 8.07. The number of carbonyl (C=O) groups is 2. The van der Waals surface area contributed by atoms with Gasteiger partial charge in [-0.3, -0.25) is 4.79 Å². The number of carbonyl (C=O) groups excluding carboxylic acids is 2. The Kier molecular flexibility index (Phi) is 5.62. The maximum Gasteiger partial charge on any atom is 0.319 e. The van der Waals surface area contributed by atoms with E-state index in [-0.39, 0.29) is 18.0 Å². The van der Waals surface area contributed by atoms with E-state index in [2.05, 4.69) is 22.8 Å². The van der Waals surface area contributed by atoms with E-state index < -0.39 is 0 Å². The molecule has 6 heteroatoms. The number of hydrogen-bond acceptors (Lipinski definition) is 3. The molecule has 1 heterocycles. The van der Waals surface area contributed by atoms with Crippen LogP contribution in [0.3, 0.4) is 0 Å². The molecule has 5 rings (SSSR count). The first-order chi connectivity index (χ1) is 15.6. The van der Waals surface area contributed by atoms with Crippen LogP contribution in [0.15, 0.2) is 76.5 Å². The van der Waals surface area contributed by atoms with Crippen molar-refractivity contribution < 1.29 is 9.59 Å². The smallest absolute Gasteiger partial charge is 0.319 e. The zero-order valence-corrected chi connectivity index (χ0v) is 18.7. The molecule has 0 unspecified atom stereocenters. The van der Waals surface area contributed by atoms with E-state index in [9.17, 15) is 9.59 Å². The van der Waals surface area contributed by atoms with E-state index in [1.165, 1.54) is 11.1 Å². The number of nitrogens with one attached hydrogen (secondary N) is 2. The van der Waals surface area contributed by atoms with Crippen molar-refractivity contribution >= 4 is 35.1 Å². The van der Waals surface area contributed by atoms with Crippen molar-refractivity contribution in [1.29, 1.82) is 0 Å². The van der Waals surface area contributed by atoms with E-state index in [0.29, 0.717) is 17.8 Å². The Labute approximate surface area is 192 Å². The molecule has 3 aromatic rings. The Morgan fingerprint density at radius 1 is 1.06 bits per heavy atom. The van der Waals surface area contributed by atoms with Gasteiger partial charge in [-0.25, -0.2) is 4.79 Å². The molecule has 5 nitrogen and oxygen atoms in total. The van der Waals surface area contributed by atoms with Gasteiger partial charge in [0.1, 0.15) is 0 Å². The van der Waals surface area contributed by atoms with Crippen molar-refractivity contribution in [3.05, 3.63) is 83.4 Å².